The third-order valence-corrected chi connectivity index (χ3v) is 4.53. The predicted molar refractivity (Wildman–Crippen MR) is 92.3 cm³/mol. The third-order valence-electron chi connectivity index (χ3n) is 4.16. The lowest BCUT2D eigenvalue weighted by atomic mass is 10.0. The standard InChI is InChI=1S/C17H28ClN3O/c1-20(2)13-16(22)11-19-15-7-9-21(10-8-15)12-14-5-3-4-6-17(14)18/h3-6,15-16,19,22H,7-13H2,1-2H3. The lowest BCUT2D eigenvalue weighted by molar-refractivity contribution is 0.122. The highest BCUT2D eigenvalue weighted by Crippen LogP contribution is 2.19. The number of nitrogens with zero attached hydrogens (tertiary/aromatic N) is 2. The second kappa shape index (κ2) is 8.85. The highest BCUT2D eigenvalue weighted by Gasteiger charge is 2.20. The Balaban J connectivity index is 1.69. The average Bonchev–Trinajstić information content (AvgIpc) is 2.48. The number of halogens is 1. The van der Waals surface area contributed by atoms with Crippen molar-refractivity contribution < 1.29 is 5.11 Å². The van der Waals surface area contributed by atoms with Crippen LogP contribution in [0.3, 0.4) is 0 Å². The Morgan fingerprint density at radius 2 is 2.00 bits per heavy atom. The minimum absolute atomic E-state index is 0.295. The monoisotopic (exact) mass is 325 g/mol. The number of rotatable bonds is 7. The van der Waals surface area contributed by atoms with Crippen LogP contribution in [0.4, 0.5) is 0 Å². The number of hydrogen-bond acceptors (Lipinski definition) is 4. The molecule has 1 saturated heterocycles. The van der Waals surface area contributed by atoms with Crippen LogP contribution < -0.4 is 5.32 Å². The fourth-order valence-electron chi connectivity index (χ4n) is 2.95. The number of hydrogen-bond donors (Lipinski definition) is 2. The highest BCUT2D eigenvalue weighted by molar-refractivity contribution is 6.31. The van der Waals surface area contributed by atoms with E-state index in [1.807, 2.05) is 37.2 Å². The Labute approximate surface area is 139 Å². The molecule has 1 atom stereocenters. The Hall–Kier alpha value is -0.650. The molecule has 1 aliphatic rings. The van der Waals surface area contributed by atoms with Gasteiger partial charge in [0.05, 0.1) is 6.10 Å². The maximum absolute atomic E-state index is 9.90. The molecular formula is C17H28ClN3O. The van der Waals surface area contributed by atoms with E-state index >= 15 is 0 Å². The molecule has 124 valence electrons. The summed E-state index contributed by atoms with van der Waals surface area (Å²) in [4.78, 5) is 4.47. The molecule has 0 aliphatic carbocycles. The summed E-state index contributed by atoms with van der Waals surface area (Å²) >= 11 is 6.23. The molecule has 1 unspecified atom stereocenters. The van der Waals surface area contributed by atoms with Gasteiger partial charge in [-0.05, 0) is 51.7 Å². The van der Waals surface area contributed by atoms with Gasteiger partial charge >= 0.3 is 0 Å². The second-order valence-corrected chi connectivity index (χ2v) is 6.87. The van der Waals surface area contributed by atoms with Crippen molar-refractivity contribution in [1.29, 1.82) is 0 Å². The number of aliphatic hydroxyl groups excluding tert-OH is 1. The minimum atomic E-state index is -0.295. The Morgan fingerprint density at radius 1 is 1.32 bits per heavy atom. The zero-order valence-electron chi connectivity index (χ0n) is 13.6. The van der Waals surface area contributed by atoms with E-state index in [0.29, 0.717) is 19.1 Å². The van der Waals surface area contributed by atoms with Crippen LogP contribution in [0, 0.1) is 0 Å². The molecule has 1 aromatic carbocycles. The van der Waals surface area contributed by atoms with Gasteiger partial charge in [-0.2, -0.15) is 0 Å². The fraction of sp³-hybridized carbons (Fsp3) is 0.647. The number of likely N-dealkylation sites (tertiary alicyclic amines) is 1. The van der Waals surface area contributed by atoms with Crippen LogP contribution in [-0.4, -0.2) is 67.3 Å². The largest absolute Gasteiger partial charge is 0.390 e. The third kappa shape index (κ3) is 5.86. The summed E-state index contributed by atoms with van der Waals surface area (Å²) in [5.41, 5.74) is 1.21. The van der Waals surface area contributed by atoms with Gasteiger partial charge in [-0.15, -0.1) is 0 Å². The number of nitrogens with one attached hydrogen (secondary N) is 1. The summed E-state index contributed by atoms with van der Waals surface area (Å²) in [6.07, 6.45) is 1.95. The summed E-state index contributed by atoms with van der Waals surface area (Å²) in [5, 5.41) is 14.2. The lowest BCUT2D eigenvalue weighted by Gasteiger charge is -2.33. The molecule has 1 aliphatic heterocycles. The first-order valence-electron chi connectivity index (χ1n) is 8.06. The maximum atomic E-state index is 9.90. The van der Waals surface area contributed by atoms with E-state index in [9.17, 15) is 5.11 Å². The van der Waals surface area contributed by atoms with Crippen LogP contribution in [0.1, 0.15) is 18.4 Å². The first kappa shape index (κ1) is 17.7. The summed E-state index contributed by atoms with van der Waals surface area (Å²) < 4.78 is 0. The molecule has 0 amide bonds. The van der Waals surface area contributed by atoms with Crippen molar-refractivity contribution in [2.24, 2.45) is 0 Å². The number of benzene rings is 1. The molecular weight excluding hydrogens is 298 g/mol. The Morgan fingerprint density at radius 3 is 2.64 bits per heavy atom. The summed E-state index contributed by atoms with van der Waals surface area (Å²) in [7, 11) is 3.97. The van der Waals surface area contributed by atoms with Gasteiger partial charge in [-0.1, -0.05) is 29.8 Å². The zero-order chi connectivity index (χ0) is 15.9. The van der Waals surface area contributed by atoms with Crippen molar-refractivity contribution in [2.75, 3.05) is 40.3 Å². The zero-order valence-corrected chi connectivity index (χ0v) is 14.4. The molecule has 0 spiro atoms. The van der Waals surface area contributed by atoms with Crippen LogP contribution >= 0.6 is 11.6 Å². The molecule has 1 aromatic rings. The van der Waals surface area contributed by atoms with Crippen LogP contribution in [0.15, 0.2) is 24.3 Å². The molecule has 22 heavy (non-hydrogen) atoms. The van der Waals surface area contributed by atoms with Gasteiger partial charge in [0.1, 0.15) is 0 Å². The molecule has 0 bridgehead atoms. The molecule has 5 heteroatoms. The molecule has 0 saturated carbocycles. The van der Waals surface area contributed by atoms with Crippen LogP contribution in [0.5, 0.6) is 0 Å². The van der Waals surface area contributed by atoms with E-state index in [4.69, 9.17) is 11.6 Å². The van der Waals surface area contributed by atoms with Crippen molar-refractivity contribution in [1.82, 2.24) is 15.1 Å². The van der Waals surface area contributed by atoms with Gasteiger partial charge in [0, 0.05) is 30.7 Å². The van der Waals surface area contributed by atoms with Crippen molar-refractivity contribution in [2.45, 2.75) is 31.5 Å². The quantitative estimate of drug-likeness (QED) is 0.802. The number of piperidine rings is 1. The Bertz CT molecular complexity index is 447. The van der Waals surface area contributed by atoms with Crippen LogP contribution in [0.25, 0.3) is 0 Å². The summed E-state index contributed by atoms with van der Waals surface area (Å²) in [6.45, 7) is 4.46. The minimum Gasteiger partial charge on any atom is -0.390 e. The summed E-state index contributed by atoms with van der Waals surface area (Å²) in [5.74, 6) is 0. The van der Waals surface area contributed by atoms with E-state index in [-0.39, 0.29) is 6.10 Å². The SMILES string of the molecule is CN(C)CC(O)CNC1CCN(Cc2ccccc2Cl)CC1. The summed E-state index contributed by atoms with van der Waals surface area (Å²) in [6, 6.07) is 8.59. The van der Waals surface area contributed by atoms with Crippen molar-refractivity contribution in [3.05, 3.63) is 34.9 Å². The second-order valence-electron chi connectivity index (χ2n) is 6.47. The molecule has 1 heterocycles. The van der Waals surface area contributed by atoms with Crippen molar-refractivity contribution in [3.8, 4) is 0 Å². The average molecular weight is 326 g/mol. The fourth-order valence-corrected chi connectivity index (χ4v) is 3.15. The molecule has 2 rings (SSSR count). The molecule has 0 aromatic heterocycles. The van der Waals surface area contributed by atoms with E-state index in [0.717, 1.165) is 37.5 Å². The van der Waals surface area contributed by atoms with Gasteiger partial charge in [0.15, 0.2) is 0 Å². The number of likely N-dealkylation sites (N-methyl/N-ethyl adjacent to an activating group) is 1. The lowest BCUT2D eigenvalue weighted by Crippen LogP contribution is -2.45. The van der Waals surface area contributed by atoms with Gasteiger partial charge < -0.3 is 15.3 Å². The molecule has 0 radical (unpaired) electrons. The van der Waals surface area contributed by atoms with Gasteiger partial charge in [0.25, 0.3) is 0 Å². The number of aliphatic hydroxyl groups is 1. The van der Waals surface area contributed by atoms with E-state index in [1.54, 1.807) is 0 Å². The van der Waals surface area contributed by atoms with Crippen molar-refractivity contribution in [3.63, 3.8) is 0 Å². The predicted octanol–water partition coefficient (Wildman–Crippen LogP) is 1.82. The Kier molecular flexibility index (Phi) is 7.12. The van der Waals surface area contributed by atoms with Crippen LogP contribution in [0.2, 0.25) is 5.02 Å². The van der Waals surface area contributed by atoms with Gasteiger partial charge in [-0.3, -0.25) is 4.90 Å². The van der Waals surface area contributed by atoms with E-state index < -0.39 is 0 Å². The van der Waals surface area contributed by atoms with Crippen LogP contribution in [-0.2, 0) is 6.54 Å². The first-order valence-corrected chi connectivity index (χ1v) is 8.44. The highest BCUT2D eigenvalue weighted by atomic mass is 35.5. The normalized spacial score (nSPS) is 18.8. The molecule has 2 N–H and O–H groups in total. The van der Waals surface area contributed by atoms with Gasteiger partial charge in [-0.25, -0.2) is 0 Å². The molecule has 1 fully saturated rings. The van der Waals surface area contributed by atoms with E-state index in [1.165, 1.54) is 5.56 Å². The maximum Gasteiger partial charge on any atom is 0.0791 e. The smallest absolute Gasteiger partial charge is 0.0791 e. The van der Waals surface area contributed by atoms with Gasteiger partial charge in [0.2, 0.25) is 0 Å². The molecule has 4 nitrogen and oxygen atoms in total. The van der Waals surface area contributed by atoms with Crippen molar-refractivity contribution >= 4 is 11.6 Å². The topological polar surface area (TPSA) is 38.7 Å². The first-order chi connectivity index (χ1) is 10.5. The van der Waals surface area contributed by atoms with E-state index in [2.05, 4.69) is 16.3 Å².